The number of nitrogens with zero attached hydrogens (tertiary/aromatic N) is 2. The first-order valence-electron chi connectivity index (χ1n) is 10.2. The van der Waals surface area contributed by atoms with Gasteiger partial charge in [0.2, 0.25) is 5.43 Å². The lowest BCUT2D eigenvalue weighted by Gasteiger charge is -2.37. The molecule has 1 N–H and O–H groups in total. The highest BCUT2D eigenvalue weighted by molar-refractivity contribution is 5.96. The number of carbonyl (C=O) groups is 1. The van der Waals surface area contributed by atoms with Crippen molar-refractivity contribution in [1.82, 2.24) is 9.88 Å². The fourth-order valence-electron chi connectivity index (χ4n) is 4.50. The maximum atomic E-state index is 15.4. The lowest BCUT2D eigenvalue weighted by atomic mass is 10.0. The van der Waals surface area contributed by atoms with Gasteiger partial charge in [-0.25, -0.2) is 9.18 Å². The monoisotopic (exact) mass is 401 g/mol. The predicted octanol–water partition coefficient (Wildman–Crippen LogP) is 1.96. The van der Waals surface area contributed by atoms with Crippen molar-refractivity contribution in [2.75, 3.05) is 37.7 Å². The van der Waals surface area contributed by atoms with Crippen LogP contribution in [0.15, 0.2) is 17.1 Å². The molecule has 1 atom stereocenters. The van der Waals surface area contributed by atoms with Crippen molar-refractivity contribution in [3.63, 3.8) is 0 Å². The average molecular weight is 401 g/mol. The number of hydrogen-bond donors (Lipinski definition) is 1. The van der Waals surface area contributed by atoms with Gasteiger partial charge in [0, 0.05) is 42.8 Å². The number of esters is 1. The molecule has 1 aromatic carbocycles. The number of rotatable bonds is 3. The minimum Gasteiger partial charge on any atom is -0.462 e. The van der Waals surface area contributed by atoms with Crippen molar-refractivity contribution in [1.29, 1.82) is 0 Å². The van der Waals surface area contributed by atoms with E-state index in [0.717, 1.165) is 25.9 Å². The van der Waals surface area contributed by atoms with Crippen LogP contribution in [0.3, 0.4) is 0 Å². The number of fused-ring (bicyclic) bond motifs is 5. The van der Waals surface area contributed by atoms with E-state index >= 15 is 4.39 Å². The van der Waals surface area contributed by atoms with Crippen LogP contribution in [0.5, 0.6) is 0 Å². The van der Waals surface area contributed by atoms with E-state index in [9.17, 15) is 9.59 Å². The number of ether oxygens (including phenoxy) is 2. The first-order valence-corrected chi connectivity index (χ1v) is 10.2. The van der Waals surface area contributed by atoms with Gasteiger partial charge in [0.15, 0.2) is 0 Å². The smallest absolute Gasteiger partial charge is 0.343 e. The molecule has 0 radical (unpaired) electrons. The Hall–Kier alpha value is -2.45. The molecule has 0 unspecified atom stereocenters. The summed E-state index contributed by atoms with van der Waals surface area (Å²) in [5.41, 5.74) is 1.38. The Morgan fingerprint density at radius 3 is 2.97 bits per heavy atom. The zero-order valence-electron chi connectivity index (χ0n) is 16.4. The van der Waals surface area contributed by atoms with Crippen LogP contribution in [0.25, 0.3) is 10.9 Å². The molecular formula is C21H24FN3O4. The molecule has 8 heteroatoms. The van der Waals surface area contributed by atoms with Gasteiger partial charge in [-0.05, 0) is 25.8 Å². The lowest BCUT2D eigenvalue weighted by molar-refractivity contribution is 0.0524. The Morgan fingerprint density at radius 2 is 2.21 bits per heavy atom. The fourth-order valence-corrected chi connectivity index (χ4v) is 4.50. The number of aromatic nitrogens is 1. The Bertz CT molecular complexity index is 1050. The standard InChI is InChI=1S/C21H24FN3O4/c1-2-29-21(27)15-9-25(12-3-4-12)18-14(20(15)26)7-17(22)19-16(18)11-28-10-13-8-23-5-6-24(13)19/h7,9,12-13,23H,2-6,8,10-11H2,1H3/t13-/m0/s1. The highest BCUT2D eigenvalue weighted by atomic mass is 19.1. The molecule has 1 aromatic heterocycles. The number of halogens is 1. The molecule has 7 nitrogen and oxygen atoms in total. The summed E-state index contributed by atoms with van der Waals surface area (Å²) in [6, 6.07) is 1.54. The van der Waals surface area contributed by atoms with E-state index < -0.39 is 17.2 Å². The second-order valence-electron chi connectivity index (χ2n) is 7.88. The number of pyridine rings is 1. The third-order valence-electron chi connectivity index (χ3n) is 5.97. The van der Waals surface area contributed by atoms with Gasteiger partial charge in [0.05, 0.1) is 37.1 Å². The van der Waals surface area contributed by atoms with E-state index in [4.69, 9.17) is 9.47 Å². The molecule has 0 spiro atoms. The molecule has 154 valence electrons. The van der Waals surface area contributed by atoms with Crippen LogP contribution in [0, 0.1) is 5.82 Å². The Balaban J connectivity index is 1.79. The van der Waals surface area contributed by atoms with Crippen LogP contribution in [-0.2, 0) is 16.1 Å². The van der Waals surface area contributed by atoms with E-state index in [-0.39, 0.29) is 36.2 Å². The van der Waals surface area contributed by atoms with Crippen molar-refractivity contribution in [2.45, 2.75) is 38.5 Å². The van der Waals surface area contributed by atoms with Crippen molar-refractivity contribution < 1.29 is 18.7 Å². The minimum absolute atomic E-state index is 0.0415. The quantitative estimate of drug-likeness (QED) is 0.793. The van der Waals surface area contributed by atoms with Gasteiger partial charge < -0.3 is 24.3 Å². The highest BCUT2D eigenvalue weighted by Gasteiger charge is 2.34. The van der Waals surface area contributed by atoms with Crippen molar-refractivity contribution in [3.8, 4) is 0 Å². The molecule has 5 rings (SSSR count). The summed E-state index contributed by atoms with van der Waals surface area (Å²) < 4.78 is 28.3. The third-order valence-corrected chi connectivity index (χ3v) is 5.97. The molecule has 3 heterocycles. The molecule has 0 bridgehead atoms. The summed E-state index contributed by atoms with van der Waals surface area (Å²) in [7, 11) is 0. The zero-order valence-corrected chi connectivity index (χ0v) is 16.4. The Kier molecular flexibility index (Phi) is 4.55. The van der Waals surface area contributed by atoms with E-state index in [1.165, 1.54) is 6.07 Å². The number of anilines is 1. The van der Waals surface area contributed by atoms with Crippen molar-refractivity contribution >= 4 is 22.6 Å². The fraction of sp³-hybridized carbons (Fsp3) is 0.524. The minimum atomic E-state index is -0.664. The number of piperazine rings is 1. The van der Waals surface area contributed by atoms with Crippen molar-refractivity contribution in [3.05, 3.63) is 39.4 Å². The van der Waals surface area contributed by atoms with Gasteiger partial charge in [0.1, 0.15) is 11.4 Å². The summed E-state index contributed by atoms with van der Waals surface area (Å²) in [4.78, 5) is 27.5. The second-order valence-corrected chi connectivity index (χ2v) is 7.88. The van der Waals surface area contributed by atoms with Crippen LogP contribution in [0.4, 0.5) is 10.1 Å². The van der Waals surface area contributed by atoms with Crippen LogP contribution >= 0.6 is 0 Å². The Labute approximate surface area is 167 Å². The summed E-state index contributed by atoms with van der Waals surface area (Å²) in [5, 5.41) is 3.55. The molecule has 1 aliphatic carbocycles. The topological polar surface area (TPSA) is 72.8 Å². The first-order chi connectivity index (χ1) is 14.1. The van der Waals surface area contributed by atoms with Gasteiger partial charge in [-0.1, -0.05) is 0 Å². The van der Waals surface area contributed by atoms with Gasteiger partial charge in [-0.3, -0.25) is 4.79 Å². The van der Waals surface area contributed by atoms with E-state index in [1.807, 2.05) is 4.57 Å². The number of nitrogens with one attached hydrogen (secondary N) is 1. The molecule has 2 aromatic rings. The van der Waals surface area contributed by atoms with E-state index in [0.29, 0.717) is 29.9 Å². The first kappa shape index (κ1) is 18.6. The molecule has 29 heavy (non-hydrogen) atoms. The predicted molar refractivity (Wildman–Crippen MR) is 106 cm³/mol. The maximum absolute atomic E-state index is 15.4. The largest absolute Gasteiger partial charge is 0.462 e. The van der Waals surface area contributed by atoms with Gasteiger partial charge in [-0.15, -0.1) is 0 Å². The molecular weight excluding hydrogens is 377 g/mol. The molecule has 2 fully saturated rings. The third kappa shape index (κ3) is 3.02. The Morgan fingerprint density at radius 1 is 1.38 bits per heavy atom. The van der Waals surface area contributed by atoms with Crippen molar-refractivity contribution in [2.24, 2.45) is 0 Å². The maximum Gasteiger partial charge on any atom is 0.343 e. The summed E-state index contributed by atoms with van der Waals surface area (Å²) in [5.74, 6) is -1.10. The molecule has 0 amide bonds. The lowest BCUT2D eigenvalue weighted by Crippen LogP contribution is -2.53. The molecule has 1 saturated heterocycles. The highest BCUT2D eigenvalue weighted by Crippen LogP contribution is 2.41. The van der Waals surface area contributed by atoms with E-state index in [1.54, 1.807) is 13.1 Å². The number of carbonyl (C=O) groups excluding carboxylic acids is 1. The molecule has 1 saturated carbocycles. The van der Waals surface area contributed by atoms with Crippen LogP contribution in [0.2, 0.25) is 0 Å². The average Bonchev–Trinajstić information content (AvgIpc) is 3.55. The molecule has 2 aliphatic heterocycles. The van der Waals surface area contributed by atoms with Crippen LogP contribution < -0.4 is 15.6 Å². The summed E-state index contributed by atoms with van der Waals surface area (Å²) in [6.07, 6.45) is 3.52. The molecule has 3 aliphatic rings. The second kappa shape index (κ2) is 7.11. The van der Waals surface area contributed by atoms with Crippen LogP contribution in [-0.4, -0.2) is 49.4 Å². The SMILES string of the molecule is CCOC(=O)c1cn(C2CC2)c2c3c(c(F)cc2c1=O)N1CCNC[C@H]1COC3. The number of hydrogen-bond acceptors (Lipinski definition) is 6. The van der Waals surface area contributed by atoms with Gasteiger partial charge >= 0.3 is 5.97 Å². The van der Waals surface area contributed by atoms with Gasteiger partial charge in [-0.2, -0.15) is 0 Å². The summed E-state index contributed by atoms with van der Waals surface area (Å²) >= 11 is 0. The zero-order chi connectivity index (χ0) is 20.1. The number of benzene rings is 1. The van der Waals surface area contributed by atoms with E-state index in [2.05, 4.69) is 10.2 Å². The van der Waals surface area contributed by atoms with Gasteiger partial charge in [0.25, 0.3) is 0 Å². The van der Waals surface area contributed by atoms with Crippen LogP contribution in [0.1, 0.15) is 41.7 Å². The normalized spacial score (nSPS) is 21.4. The summed E-state index contributed by atoms with van der Waals surface area (Å²) in [6.45, 7) is 4.78.